The van der Waals surface area contributed by atoms with E-state index < -0.39 is 0 Å². The average molecular weight is 378 g/mol. The molecule has 0 radical (unpaired) electrons. The molecule has 2 aromatic carbocycles. The molecule has 2 heterocycles. The quantitative estimate of drug-likeness (QED) is 0.712. The highest BCUT2D eigenvalue weighted by atomic mass is 16.5. The van der Waals surface area contributed by atoms with E-state index in [2.05, 4.69) is 18.2 Å². The van der Waals surface area contributed by atoms with Crippen LogP contribution in [0.1, 0.15) is 34.2 Å². The van der Waals surface area contributed by atoms with Gasteiger partial charge in [0.15, 0.2) is 0 Å². The number of rotatable bonds is 3. The van der Waals surface area contributed by atoms with Crippen molar-refractivity contribution in [3.05, 3.63) is 68.6 Å². The summed E-state index contributed by atoms with van der Waals surface area (Å²) in [5, 5.41) is 1.10. The second kappa shape index (κ2) is 6.67. The van der Waals surface area contributed by atoms with Gasteiger partial charge in [-0.2, -0.15) is 0 Å². The van der Waals surface area contributed by atoms with Gasteiger partial charge in [-0.05, 0) is 62.1 Å². The monoisotopic (exact) mass is 378 g/mol. The molecule has 1 aliphatic carbocycles. The molecule has 0 amide bonds. The first kappa shape index (κ1) is 17.3. The maximum Gasteiger partial charge on any atom is 0.339 e. The van der Waals surface area contributed by atoms with Crippen molar-refractivity contribution in [3.63, 3.8) is 0 Å². The Hall–Kier alpha value is -2.79. The van der Waals surface area contributed by atoms with Crippen molar-refractivity contribution >= 4 is 11.0 Å². The van der Waals surface area contributed by atoms with Gasteiger partial charge in [-0.15, -0.1) is 0 Å². The van der Waals surface area contributed by atoms with Crippen molar-refractivity contribution < 1.29 is 18.8 Å². The second-order valence-corrected chi connectivity index (χ2v) is 7.81. The first-order valence-corrected chi connectivity index (χ1v) is 9.84. The smallest absolute Gasteiger partial charge is 0.339 e. The summed E-state index contributed by atoms with van der Waals surface area (Å²) in [7, 11) is 1.68. The maximum atomic E-state index is 12.3. The summed E-state index contributed by atoms with van der Waals surface area (Å²) in [6.07, 6.45) is 2.81. The van der Waals surface area contributed by atoms with E-state index in [-0.39, 0.29) is 5.63 Å². The normalized spacial score (nSPS) is 17.9. The Kier molecular flexibility index (Phi) is 4.13. The minimum absolute atomic E-state index is 0.175. The molecule has 3 aromatic rings. The number of benzene rings is 2. The van der Waals surface area contributed by atoms with Crippen LogP contribution in [0.4, 0.5) is 0 Å². The fourth-order valence-electron chi connectivity index (χ4n) is 4.60. The van der Waals surface area contributed by atoms with Crippen LogP contribution in [0.2, 0.25) is 0 Å². The number of hydrogen-bond acceptors (Lipinski definition) is 4. The molecule has 0 spiro atoms. The number of nitrogens with one attached hydrogen (secondary N) is 1. The third kappa shape index (κ3) is 2.78. The molecule has 1 atom stereocenters. The Labute approximate surface area is 163 Å². The molecule has 0 fully saturated rings. The minimum atomic E-state index is -0.175. The molecule has 5 nitrogen and oxygen atoms in total. The van der Waals surface area contributed by atoms with Crippen LogP contribution in [0, 0.1) is 6.92 Å². The van der Waals surface area contributed by atoms with Crippen molar-refractivity contribution in [2.24, 2.45) is 0 Å². The van der Waals surface area contributed by atoms with Crippen LogP contribution in [0.5, 0.6) is 11.5 Å². The van der Waals surface area contributed by atoms with Gasteiger partial charge in [0.1, 0.15) is 30.2 Å². The summed E-state index contributed by atoms with van der Waals surface area (Å²) >= 11 is 0. The van der Waals surface area contributed by atoms with E-state index in [9.17, 15) is 4.79 Å². The molecule has 144 valence electrons. The van der Waals surface area contributed by atoms with E-state index in [1.165, 1.54) is 21.6 Å². The Morgan fingerprint density at radius 2 is 1.93 bits per heavy atom. The average Bonchev–Trinajstić information content (AvgIpc) is 3.21. The molecule has 1 aromatic heterocycles. The van der Waals surface area contributed by atoms with Crippen LogP contribution in [-0.2, 0) is 25.9 Å². The van der Waals surface area contributed by atoms with Crippen LogP contribution < -0.4 is 20.0 Å². The lowest BCUT2D eigenvalue weighted by molar-refractivity contribution is -0.945. The highest BCUT2D eigenvalue weighted by molar-refractivity contribution is 5.87. The van der Waals surface area contributed by atoms with Crippen molar-refractivity contribution in [2.45, 2.75) is 39.3 Å². The molecule has 0 bridgehead atoms. The van der Waals surface area contributed by atoms with Crippen molar-refractivity contribution in [1.82, 2.24) is 0 Å². The summed E-state index contributed by atoms with van der Waals surface area (Å²) in [6, 6.07) is 10.4. The van der Waals surface area contributed by atoms with E-state index in [1.54, 1.807) is 7.11 Å². The van der Waals surface area contributed by atoms with Crippen LogP contribution in [0.3, 0.4) is 0 Å². The summed E-state index contributed by atoms with van der Waals surface area (Å²) in [6.45, 7) is 4.38. The number of fused-ring (bicyclic) bond motifs is 4. The molecule has 1 aliphatic heterocycles. The van der Waals surface area contributed by atoms with Gasteiger partial charge < -0.3 is 13.9 Å². The molecule has 28 heavy (non-hydrogen) atoms. The lowest BCUT2D eigenvalue weighted by atomic mass is 9.99. The summed E-state index contributed by atoms with van der Waals surface area (Å²) in [5.74, 6) is 1.75. The molecular weight excluding hydrogens is 354 g/mol. The zero-order valence-electron chi connectivity index (χ0n) is 16.3. The van der Waals surface area contributed by atoms with Crippen LogP contribution in [-0.4, -0.2) is 13.8 Å². The van der Waals surface area contributed by atoms with Gasteiger partial charge in [-0.25, -0.2) is 4.79 Å². The Bertz CT molecular complexity index is 1110. The standard InChI is InChI=1S/C23H23NO4/c1-14-21-16(10-20-18-4-3-5-19(18)23(25)28-22(14)20)12-24(13-27-21)11-15-6-8-17(26-2)9-7-15/h6-10H,3-5,11-13H2,1-2H3/p+1. The number of quaternary nitrogens is 1. The Morgan fingerprint density at radius 3 is 2.71 bits per heavy atom. The van der Waals surface area contributed by atoms with Gasteiger partial charge in [0.25, 0.3) is 0 Å². The number of aryl methyl sites for hydroxylation is 2. The lowest BCUT2D eigenvalue weighted by Gasteiger charge is -2.28. The van der Waals surface area contributed by atoms with Gasteiger partial charge in [0, 0.05) is 27.6 Å². The molecule has 5 rings (SSSR count). The molecule has 0 saturated carbocycles. The summed E-state index contributed by atoms with van der Waals surface area (Å²) in [5.41, 5.74) is 5.97. The summed E-state index contributed by atoms with van der Waals surface area (Å²) in [4.78, 5) is 13.7. The highest BCUT2D eigenvalue weighted by Gasteiger charge is 2.27. The predicted octanol–water partition coefficient (Wildman–Crippen LogP) is 2.53. The second-order valence-electron chi connectivity index (χ2n) is 7.81. The Morgan fingerprint density at radius 1 is 1.14 bits per heavy atom. The van der Waals surface area contributed by atoms with Crippen molar-refractivity contribution in [3.8, 4) is 11.5 Å². The number of ether oxygens (including phenoxy) is 2. The topological polar surface area (TPSA) is 53.1 Å². The predicted molar refractivity (Wildman–Crippen MR) is 106 cm³/mol. The van der Waals surface area contributed by atoms with Gasteiger partial charge in [-0.1, -0.05) is 0 Å². The molecule has 2 aliphatic rings. The Balaban J connectivity index is 1.49. The third-order valence-electron chi connectivity index (χ3n) is 5.99. The largest absolute Gasteiger partial charge is 0.497 e. The van der Waals surface area contributed by atoms with Crippen molar-refractivity contribution in [1.29, 1.82) is 0 Å². The minimum Gasteiger partial charge on any atom is -0.497 e. The highest BCUT2D eigenvalue weighted by Crippen LogP contribution is 2.36. The molecule has 5 heteroatoms. The number of hydrogen-bond donors (Lipinski definition) is 1. The van der Waals surface area contributed by atoms with Crippen molar-refractivity contribution in [2.75, 3.05) is 13.8 Å². The van der Waals surface area contributed by atoms with Crippen LogP contribution >= 0.6 is 0 Å². The molecular formula is C23H24NO4+. The maximum absolute atomic E-state index is 12.3. The van der Waals surface area contributed by atoms with E-state index in [1.807, 2.05) is 19.1 Å². The van der Waals surface area contributed by atoms with Gasteiger partial charge >= 0.3 is 5.63 Å². The van der Waals surface area contributed by atoms with E-state index >= 15 is 0 Å². The fraction of sp³-hybridized carbons (Fsp3) is 0.348. The first-order valence-electron chi connectivity index (χ1n) is 9.84. The first-order chi connectivity index (χ1) is 13.6. The zero-order chi connectivity index (χ0) is 19.3. The molecule has 0 saturated heterocycles. The van der Waals surface area contributed by atoms with E-state index in [4.69, 9.17) is 13.9 Å². The van der Waals surface area contributed by atoms with Crippen LogP contribution in [0.25, 0.3) is 11.0 Å². The fourth-order valence-corrected chi connectivity index (χ4v) is 4.60. The molecule has 1 unspecified atom stereocenters. The number of methoxy groups -OCH3 is 1. The van der Waals surface area contributed by atoms with Gasteiger partial charge in [0.2, 0.25) is 6.73 Å². The zero-order valence-corrected chi connectivity index (χ0v) is 16.3. The van der Waals surface area contributed by atoms with Gasteiger partial charge in [-0.3, -0.25) is 4.90 Å². The molecule has 1 N–H and O–H groups in total. The van der Waals surface area contributed by atoms with E-state index in [0.29, 0.717) is 12.3 Å². The van der Waals surface area contributed by atoms with Crippen LogP contribution in [0.15, 0.2) is 39.5 Å². The third-order valence-corrected chi connectivity index (χ3v) is 5.99. The summed E-state index contributed by atoms with van der Waals surface area (Å²) < 4.78 is 17.1. The van der Waals surface area contributed by atoms with Gasteiger partial charge in [0.05, 0.1) is 7.11 Å². The van der Waals surface area contributed by atoms with E-state index in [0.717, 1.165) is 60.4 Å². The SMILES string of the molecule is COc1ccc(C[NH+]2COc3c(cc4c5c(c(=O)oc4c3C)CCC5)C2)cc1. The lowest BCUT2D eigenvalue weighted by Crippen LogP contribution is -3.10.